The van der Waals surface area contributed by atoms with Gasteiger partial charge in [-0.15, -0.1) is 11.3 Å². The average Bonchev–Trinajstić information content (AvgIpc) is 3.24. The largest absolute Gasteiger partial charge is 0.337 e. The summed E-state index contributed by atoms with van der Waals surface area (Å²) in [5.74, 6) is 0.0608. The molecule has 1 saturated heterocycles. The van der Waals surface area contributed by atoms with Crippen molar-refractivity contribution in [2.24, 2.45) is 0 Å². The van der Waals surface area contributed by atoms with Gasteiger partial charge in [0, 0.05) is 41.4 Å². The number of amides is 1. The van der Waals surface area contributed by atoms with E-state index in [1.54, 1.807) is 24.7 Å². The number of benzene rings is 1. The Balaban J connectivity index is 1.60. The van der Waals surface area contributed by atoms with Crippen molar-refractivity contribution in [2.75, 3.05) is 13.1 Å². The van der Waals surface area contributed by atoms with Gasteiger partial charge in [0.2, 0.25) is 0 Å². The number of carbonyl (C=O) groups excluding carboxylic acids is 2. The summed E-state index contributed by atoms with van der Waals surface area (Å²) >= 11 is 7.67. The van der Waals surface area contributed by atoms with Gasteiger partial charge in [-0.05, 0) is 38.0 Å². The van der Waals surface area contributed by atoms with Crippen LogP contribution in [-0.2, 0) is 0 Å². The molecular formula is C22H20ClN3O2S. The molecule has 0 spiro atoms. The summed E-state index contributed by atoms with van der Waals surface area (Å²) in [6.45, 7) is 2.80. The molecule has 0 bridgehead atoms. The van der Waals surface area contributed by atoms with Crippen LogP contribution in [0.1, 0.15) is 50.7 Å². The van der Waals surface area contributed by atoms with E-state index in [1.807, 2.05) is 29.2 Å². The monoisotopic (exact) mass is 425 g/mol. The second-order valence-corrected chi connectivity index (χ2v) is 8.60. The number of carbonyl (C=O) groups is 2. The van der Waals surface area contributed by atoms with E-state index in [0.29, 0.717) is 27.9 Å². The van der Waals surface area contributed by atoms with E-state index >= 15 is 0 Å². The first-order chi connectivity index (χ1) is 14.0. The average molecular weight is 426 g/mol. The first kappa shape index (κ1) is 19.7. The first-order valence-electron chi connectivity index (χ1n) is 9.49. The molecule has 0 radical (unpaired) electrons. The van der Waals surface area contributed by atoms with Crippen LogP contribution in [0, 0.1) is 0 Å². The molecule has 5 nitrogen and oxygen atoms in total. The van der Waals surface area contributed by atoms with Gasteiger partial charge >= 0.3 is 0 Å². The predicted molar refractivity (Wildman–Crippen MR) is 115 cm³/mol. The van der Waals surface area contributed by atoms with E-state index in [0.717, 1.165) is 29.7 Å². The Morgan fingerprint density at radius 3 is 2.69 bits per heavy atom. The van der Waals surface area contributed by atoms with Crippen LogP contribution in [0.4, 0.5) is 0 Å². The fourth-order valence-corrected chi connectivity index (χ4v) is 4.84. The van der Waals surface area contributed by atoms with E-state index in [4.69, 9.17) is 11.6 Å². The first-order valence-corrected chi connectivity index (χ1v) is 10.7. The van der Waals surface area contributed by atoms with E-state index in [-0.39, 0.29) is 17.6 Å². The molecule has 3 aromatic rings. The molecule has 7 heteroatoms. The second-order valence-electron chi connectivity index (χ2n) is 7.11. The van der Waals surface area contributed by atoms with E-state index < -0.39 is 0 Å². The van der Waals surface area contributed by atoms with E-state index in [1.165, 1.54) is 18.3 Å². The summed E-state index contributed by atoms with van der Waals surface area (Å²) in [6.07, 6.45) is 5.19. The molecule has 2 aromatic heterocycles. The van der Waals surface area contributed by atoms with Gasteiger partial charge in [0.15, 0.2) is 5.78 Å². The second kappa shape index (κ2) is 8.43. The van der Waals surface area contributed by atoms with Crippen molar-refractivity contribution in [2.45, 2.75) is 25.7 Å². The summed E-state index contributed by atoms with van der Waals surface area (Å²) < 4.78 is 0. The van der Waals surface area contributed by atoms with Crippen LogP contribution in [0.3, 0.4) is 0 Å². The Morgan fingerprint density at radius 2 is 1.93 bits per heavy atom. The van der Waals surface area contributed by atoms with Crippen molar-refractivity contribution in [3.05, 3.63) is 69.4 Å². The number of Topliss-reactive ketones (excluding diaryl/α,β-unsaturated/α-hetero) is 1. The van der Waals surface area contributed by atoms with E-state index in [9.17, 15) is 9.59 Å². The fourth-order valence-electron chi connectivity index (χ4n) is 3.73. The number of thiophene rings is 1. The Bertz CT molecular complexity index is 1070. The summed E-state index contributed by atoms with van der Waals surface area (Å²) in [6, 6.07) is 11.1. The standard InChI is InChI=1S/C22H20ClN3O2S/c1-14(27)19-8-9-20(29-19)22(28)26-10-4-5-15(12-26)21-17(11-24-13-25-21)16-6-2-3-7-18(16)23/h2-3,6-9,11,13,15H,4-5,10,12H2,1H3. The van der Waals surface area contributed by atoms with Gasteiger partial charge in [-0.25, -0.2) is 9.97 Å². The minimum atomic E-state index is -0.0273. The molecule has 1 aliphatic heterocycles. The zero-order chi connectivity index (χ0) is 20.4. The number of halogens is 1. The third-order valence-electron chi connectivity index (χ3n) is 5.17. The Hall–Kier alpha value is -2.57. The number of nitrogens with zero attached hydrogens (tertiary/aromatic N) is 3. The maximum Gasteiger partial charge on any atom is 0.263 e. The Labute approximate surface area is 178 Å². The number of hydrogen-bond donors (Lipinski definition) is 0. The lowest BCUT2D eigenvalue weighted by Gasteiger charge is -2.33. The molecule has 0 N–H and O–H groups in total. The van der Waals surface area contributed by atoms with Crippen molar-refractivity contribution in [3.8, 4) is 11.1 Å². The van der Waals surface area contributed by atoms with Crippen molar-refractivity contribution in [3.63, 3.8) is 0 Å². The minimum absolute atomic E-state index is 0.0177. The summed E-state index contributed by atoms with van der Waals surface area (Å²) in [5, 5.41) is 0.655. The molecule has 1 atom stereocenters. The highest BCUT2D eigenvalue weighted by molar-refractivity contribution is 7.15. The lowest BCUT2D eigenvalue weighted by molar-refractivity contribution is 0.0711. The number of likely N-dealkylation sites (tertiary alicyclic amines) is 1. The molecule has 1 amide bonds. The molecule has 3 heterocycles. The van der Waals surface area contributed by atoms with Crippen LogP contribution in [-0.4, -0.2) is 39.6 Å². The molecule has 0 saturated carbocycles. The summed E-state index contributed by atoms with van der Waals surface area (Å²) in [5.41, 5.74) is 2.73. The van der Waals surface area contributed by atoms with Gasteiger partial charge in [0.05, 0.1) is 15.4 Å². The van der Waals surface area contributed by atoms with Crippen LogP contribution >= 0.6 is 22.9 Å². The summed E-state index contributed by atoms with van der Waals surface area (Å²) in [4.78, 5) is 36.4. The van der Waals surface area contributed by atoms with Crippen molar-refractivity contribution in [1.82, 2.24) is 14.9 Å². The molecule has 1 unspecified atom stereocenters. The maximum absolute atomic E-state index is 13.0. The van der Waals surface area contributed by atoms with Gasteiger partial charge in [-0.1, -0.05) is 29.8 Å². The highest BCUT2D eigenvalue weighted by Gasteiger charge is 2.29. The molecule has 1 fully saturated rings. The highest BCUT2D eigenvalue weighted by atomic mass is 35.5. The Kier molecular flexibility index (Phi) is 5.74. The van der Waals surface area contributed by atoms with Crippen LogP contribution in [0.2, 0.25) is 5.02 Å². The molecule has 29 heavy (non-hydrogen) atoms. The minimum Gasteiger partial charge on any atom is -0.337 e. The van der Waals surface area contributed by atoms with Crippen LogP contribution < -0.4 is 0 Å². The molecule has 1 aliphatic rings. The van der Waals surface area contributed by atoms with Gasteiger partial charge in [-0.2, -0.15) is 0 Å². The van der Waals surface area contributed by atoms with Gasteiger partial charge in [0.1, 0.15) is 6.33 Å². The molecule has 0 aliphatic carbocycles. The quantitative estimate of drug-likeness (QED) is 0.547. The van der Waals surface area contributed by atoms with Crippen molar-refractivity contribution >= 4 is 34.6 Å². The lowest BCUT2D eigenvalue weighted by Crippen LogP contribution is -2.39. The van der Waals surface area contributed by atoms with Crippen LogP contribution in [0.5, 0.6) is 0 Å². The SMILES string of the molecule is CC(=O)c1ccc(C(=O)N2CCCC(c3ncncc3-c3ccccc3Cl)C2)s1. The van der Waals surface area contributed by atoms with Gasteiger partial charge in [-0.3, -0.25) is 9.59 Å². The predicted octanol–water partition coefficient (Wildman–Crippen LogP) is 5.08. The van der Waals surface area contributed by atoms with Crippen LogP contribution in [0.25, 0.3) is 11.1 Å². The van der Waals surface area contributed by atoms with Crippen LogP contribution in [0.15, 0.2) is 48.9 Å². The topological polar surface area (TPSA) is 63.2 Å². The number of hydrogen-bond acceptors (Lipinski definition) is 5. The number of ketones is 1. The normalized spacial score (nSPS) is 16.6. The highest BCUT2D eigenvalue weighted by Crippen LogP contribution is 2.36. The van der Waals surface area contributed by atoms with Crippen molar-refractivity contribution < 1.29 is 9.59 Å². The van der Waals surface area contributed by atoms with Gasteiger partial charge in [0.25, 0.3) is 5.91 Å². The molecule has 1 aromatic carbocycles. The van der Waals surface area contributed by atoms with E-state index in [2.05, 4.69) is 9.97 Å². The maximum atomic E-state index is 13.0. The zero-order valence-electron chi connectivity index (χ0n) is 16.0. The third-order valence-corrected chi connectivity index (χ3v) is 6.67. The van der Waals surface area contributed by atoms with Crippen molar-refractivity contribution in [1.29, 1.82) is 0 Å². The molecule has 148 valence electrons. The molecule has 4 rings (SSSR count). The van der Waals surface area contributed by atoms with Gasteiger partial charge < -0.3 is 4.90 Å². The third kappa shape index (κ3) is 4.09. The Morgan fingerprint density at radius 1 is 1.14 bits per heavy atom. The molecular weight excluding hydrogens is 406 g/mol. The number of rotatable bonds is 4. The number of aromatic nitrogens is 2. The smallest absolute Gasteiger partial charge is 0.263 e. The lowest BCUT2D eigenvalue weighted by atomic mass is 9.90. The number of piperidine rings is 1. The summed E-state index contributed by atoms with van der Waals surface area (Å²) in [7, 11) is 0. The zero-order valence-corrected chi connectivity index (χ0v) is 17.5. The fraction of sp³-hybridized carbons (Fsp3) is 0.273.